The first-order valence-corrected chi connectivity index (χ1v) is 13.1. The van der Waals surface area contributed by atoms with Crippen molar-refractivity contribution in [3.63, 3.8) is 0 Å². The fourth-order valence-electron chi connectivity index (χ4n) is 5.08. The minimum Gasteiger partial charge on any atom is -0.480 e. The Hall–Kier alpha value is -4.40. The van der Waals surface area contributed by atoms with Crippen molar-refractivity contribution in [3.05, 3.63) is 88.6 Å². The van der Waals surface area contributed by atoms with Crippen molar-refractivity contribution in [3.8, 4) is 0 Å². The fourth-order valence-corrected chi connectivity index (χ4v) is 5.08. The number of carbonyl (C=O) groups excluding carboxylic acids is 2. The number of carboxylic acid groups (broad SMARTS) is 1. The van der Waals surface area contributed by atoms with E-state index in [1.807, 2.05) is 42.5 Å². The molecule has 2 amide bonds. The number of aryl methyl sites for hydroxylation is 2. The lowest BCUT2D eigenvalue weighted by Crippen LogP contribution is -2.42. The van der Waals surface area contributed by atoms with Gasteiger partial charge in [-0.25, -0.2) is 9.78 Å². The van der Waals surface area contributed by atoms with Crippen LogP contribution in [0.15, 0.2) is 60.8 Å². The zero-order valence-electron chi connectivity index (χ0n) is 22.3. The minimum absolute atomic E-state index is 0.153. The van der Waals surface area contributed by atoms with Crippen LogP contribution >= 0.6 is 0 Å². The summed E-state index contributed by atoms with van der Waals surface area (Å²) in [6.07, 6.45) is 4.09. The quantitative estimate of drug-likeness (QED) is 0.315. The van der Waals surface area contributed by atoms with Gasteiger partial charge in [0.1, 0.15) is 11.9 Å². The van der Waals surface area contributed by atoms with Gasteiger partial charge in [0.2, 0.25) is 5.91 Å². The highest BCUT2D eigenvalue weighted by Crippen LogP contribution is 2.24. The third kappa shape index (κ3) is 7.13. The number of pyridine rings is 1. The first kappa shape index (κ1) is 27.6. The predicted molar refractivity (Wildman–Crippen MR) is 151 cm³/mol. The number of benzene rings is 2. The van der Waals surface area contributed by atoms with Crippen LogP contribution in [0.4, 0.5) is 11.5 Å². The summed E-state index contributed by atoms with van der Waals surface area (Å²) < 4.78 is 0. The Morgan fingerprint density at radius 1 is 1.05 bits per heavy atom. The molecule has 1 saturated heterocycles. The van der Waals surface area contributed by atoms with Gasteiger partial charge in [-0.1, -0.05) is 18.2 Å². The van der Waals surface area contributed by atoms with Crippen LogP contribution in [0.25, 0.3) is 0 Å². The van der Waals surface area contributed by atoms with Crippen LogP contribution < -0.4 is 21.3 Å². The van der Waals surface area contributed by atoms with Gasteiger partial charge in [0.05, 0.1) is 0 Å². The molecule has 1 fully saturated rings. The summed E-state index contributed by atoms with van der Waals surface area (Å²) in [5.41, 5.74) is 9.05. The first-order valence-electron chi connectivity index (χ1n) is 13.1. The van der Waals surface area contributed by atoms with Gasteiger partial charge >= 0.3 is 5.97 Å². The Kier molecular flexibility index (Phi) is 8.81. The average Bonchev–Trinajstić information content (AvgIpc) is 2.92. The molecule has 1 aromatic heterocycles. The summed E-state index contributed by atoms with van der Waals surface area (Å²) in [5.74, 6) is -0.704. The lowest BCUT2D eigenvalue weighted by Gasteiger charge is -2.34. The summed E-state index contributed by atoms with van der Waals surface area (Å²) in [6, 6.07) is 15.7. The monoisotopic (exact) mass is 529 g/mol. The molecule has 1 aliphatic heterocycles. The maximum Gasteiger partial charge on any atom is 0.326 e. The van der Waals surface area contributed by atoms with Gasteiger partial charge in [0, 0.05) is 49.1 Å². The number of carboxylic acids is 1. The molecule has 2 aromatic carbocycles. The number of hydrogen-bond donors (Lipinski definition) is 4. The predicted octanol–water partition coefficient (Wildman–Crippen LogP) is 3.55. The molecule has 4 rings (SSSR count). The molecule has 1 unspecified atom stereocenters. The first-order chi connectivity index (χ1) is 18.7. The third-order valence-corrected chi connectivity index (χ3v) is 7.24. The van der Waals surface area contributed by atoms with Gasteiger partial charge in [0.15, 0.2) is 0 Å². The van der Waals surface area contributed by atoms with Crippen molar-refractivity contribution in [2.45, 2.75) is 39.2 Å². The van der Waals surface area contributed by atoms with Crippen molar-refractivity contribution in [2.24, 2.45) is 11.7 Å². The highest BCUT2D eigenvalue weighted by Gasteiger charge is 2.24. The third-order valence-electron chi connectivity index (χ3n) is 7.24. The molecular formula is C30H35N5O4. The molecule has 1 atom stereocenters. The van der Waals surface area contributed by atoms with Gasteiger partial charge in [-0.3, -0.25) is 9.59 Å². The van der Waals surface area contributed by atoms with Gasteiger partial charge in [0.25, 0.3) is 5.91 Å². The average molecular weight is 530 g/mol. The molecule has 0 saturated carbocycles. The molecule has 0 bridgehead atoms. The van der Waals surface area contributed by atoms with Gasteiger partial charge in [-0.15, -0.1) is 0 Å². The van der Waals surface area contributed by atoms with E-state index < -0.39 is 23.8 Å². The van der Waals surface area contributed by atoms with Crippen LogP contribution in [0.2, 0.25) is 0 Å². The second-order valence-corrected chi connectivity index (χ2v) is 10.1. The van der Waals surface area contributed by atoms with Crippen LogP contribution in [0.1, 0.15) is 50.2 Å². The molecule has 3 aromatic rings. The lowest BCUT2D eigenvalue weighted by atomic mass is 9.96. The number of aliphatic carboxylic acids is 1. The van der Waals surface area contributed by atoms with Crippen molar-refractivity contribution >= 4 is 29.3 Å². The van der Waals surface area contributed by atoms with Gasteiger partial charge in [-0.2, -0.15) is 0 Å². The summed E-state index contributed by atoms with van der Waals surface area (Å²) >= 11 is 0. The highest BCUT2D eigenvalue weighted by molar-refractivity contribution is 6.01. The normalized spacial score (nSPS) is 14.5. The number of hydrogen-bond acceptors (Lipinski definition) is 6. The summed E-state index contributed by atoms with van der Waals surface area (Å²) in [7, 11) is 0. The lowest BCUT2D eigenvalue weighted by molar-refractivity contribution is -0.139. The molecule has 5 N–H and O–H groups in total. The number of nitrogens with two attached hydrogens (primary N) is 1. The standard InChI is InChI=1S/C30H35N5O4/c1-19-15-23(28(31)36)16-20(2)27(19)29(37)34-25(30(38)39)17-21-6-8-24(9-7-21)35-13-10-22(11-14-35)18-33-26-5-3-4-12-32-26/h3-9,12,15-16,22,25H,10-11,13-14,17-18H2,1-2H3,(H2,31,36)(H,32,33)(H,34,37)(H,38,39). The zero-order chi connectivity index (χ0) is 27.9. The van der Waals surface area contributed by atoms with Crippen LogP contribution in [0.3, 0.4) is 0 Å². The van der Waals surface area contributed by atoms with Crippen molar-refractivity contribution in [1.82, 2.24) is 10.3 Å². The second-order valence-electron chi connectivity index (χ2n) is 10.1. The van der Waals surface area contributed by atoms with Crippen LogP contribution in [0, 0.1) is 19.8 Å². The highest BCUT2D eigenvalue weighted by atomic mass is 16.4. The van der Waals surface area contributed by atoms with E-state index in [0.29, 0.717) is 28.2 Å². The maximum atomic E-state index is 13.0. The molecule has 9 nitrogen and oxygen atoms in total. The van der Waals surface area contributed by atoms with E-state index >= 15 is 0 Å². The van der Waals surface area contributed by atoms with E-state index in [1.54, 1.807) is 32.2 Å². The van der Waals surface area contributed by atoms with Gasteiger partial charge < -0.3 is 26.4 Å². The molecule has 0 aliphatic carbocycles. The Morgan fingerprint density at radius 2 is 1.72 bits per heavy atom. The second kappa shape index (κ2) is 12.4. The molecule has 0 radical (unpaired) electrons. The Morgan fingerprint density at radius 3 is 2.28 bits per heavy atom. The summed E-state index contributed by atoms with van der Waals surface area (Å²) in [6.45, 7) is 6.20. The van der Waals surface area contributed by atoms with Crippen LogP contribution in [-0.2, 0) is 11.2 Å². The number of aromatic nitrogens is 1. The number of nitrogens with one attached hydrogen (secondary N) is 2. The van der Waals surface area contributed by atoms with E-state index in [0.717, 1.165) is 49.5 Å². The van der Waals surface area contributed by atoms with Crippen LogP contribution in [0.5, 0.6) is 0 Å². The van der Waals surface area contributed by atoms with Crippen molar-refractivity contribution < 1.29 is 19.5 Å². The minimum atomic E-state index is -1.11. The molecule has 204 valence electrons. The van der Waals surface area contributed by atoms with E-state index in [2.05, 4.69) is 20.5 Å². The molecular weight excluding hydrogens is 494 g/mol. The van der Waals surface area contributed by atoms with E-state index in [4.69, 9.17) is 5.73 Å². The van der Waals surface area contributed by atoms with Crippen molar-refractivity contribution in [2.75, 3.05) is 29.9 Å². The number of carbonyl (C=O) groups is 3. The number of anilines is 2. The molecule has 1 aliphatic rings. The Labute approximate surface area is 228 Å². The molecule has 39 heavy (non-hydrogen) atoms. The fraction of sp³-hybridized carbons (Fsp3) is 0.333. The molecule has 0 spiro atoms. The number of piperidine rings is 1. The SMILES string of the molecule is Cc1cc(C(N)=O)cc(C)c1C(=O)NC(Cc1ccc(N2CCC(CNc3ccccn3)CC2)cc1)C(=O)O. The largest absolute Gasteiger partial charge is 0.480 e. The Balaban J connectivity index is 1.32. The van der Waals surface area contributed by atoms with Crippen molar-refractivity contribution in [1.29, 1.82) is 0 Å². The van der Waals surface area contributed by atoms with Gasteiger partial charge in [-0.05, 0) is 85.7 Å². The zero-order valence-corrected chi connectivity index (χ0v) is 22.3. The smallest absolute Gasteiger partial charge is 0.326 e. The summed E-state index contributed by atoms with van der Waals surface area (Å²) in [4.78, 5) is 43.1. The molecule has 2 heterocycles. The number of rotatable bonds is 10. The van der Waals surface area contributed by atoms with E-state index in [-0.39, 0.29) is 6.42 Å². The molecule has 9 heteroatoms. The number of amides is 2. The van der Waals surface area contributed by atoms with Crippen LogP contribution in [-0.4, -0.2) is 53.6 Å². The Bertz CT molecular complexity index is 1300. The number of primary amides is 1. The number of nitrogens with zero attached hydrogens (tertiary/aromatic N) is 2. The van der Waals surface area contributed by atoms with E-state index in [9.17, 15) is 19.5 Å². The topological polar surface area (TPSA) is 138 Å². The summed E-state index contributed by atoms with van der Waals surface area (Å²) in [5, 5.41) is 15.8. The van der Waals surface area contributed by atoms with E-state index in [1.165, 1.54) is 0 Å². The maximum absolute atomic E-state index is 13.0.